The predicted octanol–water partition coefficient (Wildman–Crippen LogP) is 2.99. The second kappa shape index (κ2) is 10.4. The van der Waals surface area contributed by atoms with Gasteiger partial charge >= 0.3 is 5.97 Å². The molecular formula is C23H31N3O6. The maximum absolute atomic E-state index is 13.4. The molecule has 0 radical (unpaired) electrons. The fourth-order valence-corrected chi connectivity index (χ4v) is 3.82. The van der Waals surface area contributed by atoms with E-state index in [4.69, 9.17) is 18.9 Å². The van der Waals surface area contributed by atoms with Crippen LogP contribution in [0, 0.1) is 0 Å². The quantitative estimate of drug-likeness (QED) is 0.548. The van der Waals surface area contributed by atoms with E-state index in [0.29, 0.717) is 61.3 Å². The summed E-state index contributed by atoms with van der Waals surface area (Å²) in [5.41, 5.74) is 2.37. The minimum atomic E-state index is -0.434. The van der Waals surface area contributed by atoms with Crippen molar-refractivity contribution in [1.82, 2.24) is 14.7 Å². The first-order chi connectivity index (χ1) is 15.4. The van der Waals surface area contributed by atoms with E-state index in [1.54, 1.807) is 31.0 Å². The number of aryl methyl sites for hydroxylation is 1. The monoisotopic (exact) mass is 445 g/mol. The Morgan fingerprint density at radius 1 is 0.969 bits per heavy atom. The molecule has 1 aliphatic heterocycles. The Balaban J connectivity index is 1.94. The van der Waals surface area contributed by atoms with E-state index in [0.717, 1.165) is 11.3 Å². The molecule has 0 bridgehead atoms. The summed E-state index contributed by atoms with van der Waals surface area (Å²) >= 11 is 0. The molecular weight excluding hydrogens is 414 g/mol. The third kappa shape index (κ3) is 4.66. The van der Waals surface area contributed by atoms with Gasteiger partial charge in [-0.3, -0.25) is 9.48 Å². The Labute approximate surface area is 188 Å². The molecule has 0 fully saturated rings. The molecule has 0 atom stereocenters. The Kier molecular flexibility index (Phi) is 7.61. The predicted molar refractivity (Wildman–Crippen MR) is 118 cm³/mol. The van der Waals surface area contributed by atoms with Gasteiger partial charge < -0.3 is 23.8 Å². The van der Waals surface area contributed by atoms with E-state index in [9.17, 15) is 9.59 Å². The normalized spacial score (nSPS) is 12.8. The Bertz CT molecular complexity index is 957. The van der Waals surface area contributed by atoms with Crippen molar-refractivity contribution in [3.63, 3.8) is 0 Å². The van der Waals surface area contributed by atoms with Crippen molar-refractivity contribution in [3.05, 3.63) is 34.6 Å². The highest BCUT2D eigenvalue weighted by molar-refractivity contribution is 5.96. The number of hydrogen-bond donors (Lipinski definition) is 0. The van der Waals surface area contributed by atoms with Crippen LogP contribution in [0.3, 0.4) is 0 Å². The Hall–Kier alpha value is -3.23. The molecule has 1 aromatic heterocycles. The molecule has 9 heteroatoms. The van der Waals surface area contributed by atoms with Crippen molar-refractivity contribution < 1.29 is 28.5 Å². The summed E-state index contributed by atoms with van der Waals surface area (Å²) in [5.74, 6) is 0.811. The highest BCUT2D eigenvalue weighted by Gasteiger charge is 2.31. The van der Waals surface area contributed by atoms with E-state index in [2.05, 4.69) is 5.10 Å². The van der Waals surface area contributed by atoms with Gasteiger partial charge in [0.25, 0.3) is 5.91 Å². The SMILES string of the molecule is CCOC(=O)c1c2c(nn1C)CCN(C(=O)c1cc(OCC)c(OCC)c(OCC)c1)C2. The lowest BCUT2D eigenvalue weighted by molar-refractivity contribution is 0.0508. The fourth-order valence-electron chi connectivity index (χ4n) is 3.82. The fraction of sp³-hybridized carbons (Fsp3) is 0.522. The molecule has 0 spiro atoms. The lowest BCUT2D eigenvalue weighted by Gasteiger charge is -2.27. The summed E-state index contributed by atoms with van der Waals surface area (Å²) in [4.78, 5) is 27.6. The van der Waals surface area contributed by atoms with Gasteiger partial charge in [0.2, 0.25) is 5.75 Å². The average Bonchev–Trinajstić information content (AvgIpc) is 3.10. The molecule has 32 heavy (non-hydrogen) atoms. The largest absolute Gasteiger partial charge is 0.490 e. The van der Waals surface area contributed by atoms with Gasteiger partial charge in [0.15, 0.2) is 17.2 Å². The van der Waals surface area contributed by atoms with Gasteiger partial charge in [0.1, 0.15) is 0 Å². The van der Waals surface area contributed by atoms with Gasteiger partial charge in [-0.15, -0.1) is 0 Å². The molecule has 1 aliphatic rings. The third-order valence-corrected chi connectivity index (χ3v) is 5.11. The number of aromatic nitrogens is 2. The summed E-state index contributed by atoms with van der Waals surface area (Å²) in [5, 5.41) is 4.45. The summed E-state index contributed by atoms with van der Waals surface area (Å²) in [6, 6.07) is 3.37. The average molecular weight is 446 g/mol. The first-order valence-corrected chi connectivity index (χ1v) is 11.0. The standard InChI is InChI=1S/C23H31N3O6/c1-6-29-18-12-15(13-19(30-7-2)21(18)31-8-3)22(27)26-11-10-17-16(14-26)20(25(5)24-17)23(28)32-9-4/h12-13H,6-11,14H2,1-5H3. The van der Waals surface area contributed by atoms with Gasteiger partial charge in [0, 0.05) is 31.1 Å². The van der Waals surface area contributed by atoms with Crippen LogP contribution < -0.4 is 14.2 Å². The van der Waals surface area contributed by atoms with Crippen LogP contribution in [0.1, 0.15) is 59.8 Å². The molecule has 2 aromatic rings. The zero-order valence-corrected chi connectivity index (χ0v) is 19.4. The van der Waals surface area contributed by atoms with Crippen LogP contribution in [-0.2, 0) is 24.8 Å². The molecule has 0 saturated carbocycles. The van der Waals surface area contributed by atoms with Crippen molar-refractivity contribution in [2.45, 2.75) is 40.7 Å². The summed E-state index contributed by atoms with van der Waals surface area (Å²) < 4.78 is 23.9. The first-order valence-electron chi connectivity index (χ1n) is 11.0. The molecule has 0 N–H and O–H groups in total. The topological polar surface area (TPSA) is 92.1 Å². The summed E-state index contributed by atoms with van der Waals surface area (Å²) in [7, 11) is 1.71. The molecule has 0 saturated heterocycles. The number of esters is 1. The molecule has 9 nitrogen and oxygen atoms in total. The molecule has 3 rings (SSSR count). The third-order valence-electron chi connectivity index (χ3n) is 5.11. The van der Waals surface area contributed by atoms with Crippen molar-refractivity contribution >= 4 is 11.9 Å². The molecule has 174 valence electrons. The van der Waals surface area contributed by atoms with Crippen LogP contribution >= 0.6 is 0 Å². The van der Waals surface area contributed by atoms with Gasteiger partial charge in [0.05, 0.1) is 38.7 Å². The van der Waals surface area contributed by atoms with E-state index >= 15 is 0 Å². The molecule has 1 amide bonds. The highest BCUT2D eigenvalue weighted by atomic mass is 16.5. The van der Waals surface area contributed by atoms with E-state index in [-0.39, 0.29) is 19.1 Å². The van der Waals surface area contributed by atoms with Crippen LogP contribution in [0.4, 0.5) is 0 Å². The molecule has 1 aromatic carbocycles. The zero-order valence-electron chi connectivity index (χ0n) is 19.4. The number of nitrogens with zero attached hydrogens (tertiary/aromatic N) is 3. The number of benzene rings is 1. The van der Waals surface area contributed by atoms with Crippen LogP contribution in [-0.4, -0.2) is 59.5 Å². The Morgan fingerprint density at radius 2 is 1.59 bits per heavy atom. The summed E-state index contributed by atoms with van der Waals surface area (Å²) in [6.45, 7) is 9.72. The van der Waals surface area contributed by atoms with Crippen LogP contribution in [0.5, 0.6) is 17.2 Å². The number of carbonyl (C=O) groups excluding carboxylic acids is 2. The van der Waals surface area contributed by atoms with Crippen molar-refractivity contribution in [2.75, 3.05) is 33.0 Å². The minimum Gasteiger partial charge on any atom is -0.490 e. The van der Waals surface area contributed by atoms with Crippen molar-refractivity contribution in [1.29, 1.82) is 0 Å². The number of ether oxygens (including phenoxy) is 4. The van der Waals surface area contributed by atoms with Crippen molar-refractivity contribution in [3.8, 4) is 17.2 Å². The number of carbonyl (C=O) groups is 2. The smallest absolute Gasteiger partial charge is 0.356 e. The van der Waals surface area contributed by atoms with Crippen LogP contribution in [0.15, 0.2) is 12.1 Å². The second-order valence-corrected chi connectivity index (χ2v) is 7.20. The van der Waals surface area contributed by atoms with E-state index in [1.807, 2.05) is 20.8 Å². The highest BCUT2D eigenvalue weighted by Crippen LogP contribution is 2.39. The first kappa shape index (κ1) is 23.4. The van der Waals surface area contributed by atoms with Gasteiger partial charge in [-0.2, -0.15) is 5.10 Å². The van der Waals surface area contributed by atoms with E-state index < -0.39 is 5.97 Å². The Morgan fingerprint density at radius 3 is 2.16 bits per heavy atom. The van der Waals surface area contributed by atoms with Gasteiger partial charge in [-0.05, 0) is 39.8 Å². The molecule has 0 unspecified atom stereocenters. The minimum absolute atomic E-state index is 0.181. The summed E-state index contributed by atoms with van der Waals surface area (Å²) in [6.07, 6.45) is 0.558. The molecule has 0 aliphatic carbocycles. The molecule has 2 heterocycles. The number of rotatable bonds is 9. The number of hydrogen-bond acceptors (Lipinski definition) is 7. The van der Waals surface area contributed by atoms with Crippen molar-refractivity contribution in [2.24, 2.45) is 7.05 Å². The van der Waals surface area contributed by atoms with E-state index in [1.165, 1.54) is 4.68 Å². The zero-order chi connectivity index (χ0) is 23.3. The maximum atomic E-state index is 13.4. The number of amides is 1. The van der Waals surface area contributed by atoms with Crippen LogP contribution in [0.25, 0.3) is 0 Å². The second-order valence-electron chi connectivity index (χ2n) is 7.20. The number of fused-ring (bicyclic) bond motifs is 1. The lowest BCUT2D eigenvalue weighted by Crippen LogP contribution is -2.36. The van der Waals surface area contributed by atoms with Gasteiger partial charge in [-0.25, -0.2) is 4.79 Å². The maximum Gasteiger partial charge on any atom is 0.356 e. The lowest BCUT2D eigenvalue weighted by atomic mass is 10.0. The van der Waals surface area contributed by atoms with Crippen LogP contribution in [0.2, 0.25) is 0 Å². The van der Waals surface area contributed by atoms with Gasteiger partial charge in [-0.1, -0.05) is 0 Å².